The molecule has 0 atom stereocenters. The van der Waals surface area contributed by atoms with Gasteiger partial charge in [0.15, 0.2) is 0 Å². The van der Waals surface area contributed by atoms with Crippen LogP contribution < -0.4 is 22.9 Å². The second-order valence-corrected chi connectivity index (χ2v) is 10.4. The predicted octanol–water partition coefficient (Wildman–Crippen LogP) is -3.43. The molecule has 0 saturated carbocycles. The first-order valence-electron chi connectivity index (χ1n) is 18.5. The maximum atomic E-state index is 9.47. The summed E-state index contributed by atoms with van der Waals surface area (Å²) in [5, 5.41) is 43.5. The number of rotatable bonds is 19. The largest absolute Gasteiger partial charge is 1.00 e. The van der Waals surface area contributed by atoms with Gasteiger partial charge in [0.05, 0.1) is 126 Å². The average Bonchev–Trinajstić information content (AvgIpc) is 3.25. The molecule has 3 rings (SSSR count). The maximum Gasteiger partial charge on any atom is 1.00 e. The molecule has 0 unspecified atom stereocenters. The summed E-state index contributed by atoms with van der Waals surface area (Å²) in [4.78, 5) is 14.1. The number of aldehydes is 1. The third-order valence-corrected chi connectivity index (χ3v) is 5.80. The van der Waals surface area contributed by atoms with Gasteiger partial charge >= 0.3 is 12.7 Å². The minimum atomic E-state index is -0.0200. The van der Waals surface area contributed by atoms with Crippen molar-refractivity contribution in [3.63, 3.8) is 0 Å². The summed E-state index contributed by atoms with van der Waals surface area (Å²) in [6, 6.07) is 0. The Balaban J connectivity index is -0.0000000688. The van der Waals surface area contributed by atoms with Crippen LogP contribution in [-0.2, 0) is 52.1 Å². The fraction of sp³-hybridized carbons (Fsp3) is 0.943. The maximum absolute atomic E-state index is 9.47. The molecule has 0 aromatic carbocycles. The molecule has 0 aromatic rings. The number of methoxy groups -OCH3 is 3. The Labute approximate surface area is 345 Å². The van der Waals surface area contributed by atoms with Crippen molar-refractivity contribution in [1.29, 1.82) is 0 Å². The number of aliphatic hydroxyl groups is 5. The van der Waals surface area contributed by atoms with E-state index < -0.39 is 0 Å². The summed E-state index contributed by atoms with van der Waals surface area (Å²) in [5.41, 5.74) is 10.1. The summed E-state index contributed by atoms with van der Waals surface area (Å²) in [5.74, 6) is 0. The first-order chi connectivity index (χ1) is 27.4. The van der Waals surface area contributed by atoms with Crippen molar-refractivity contribution in [3.05, 3.63) is 6.65 Å². The third kappa shape index (κ3) is 91.7. The predicted molar refractivity (Wildman–Crippen MR) is 220 cm³/mol. The van der Waals surface area contributed by atoms with Crippen LogP contribution in [0.1, 0.15) is 2.85 Å². The molecular formula is C35H88N6O16+2. The summed E-state index contributed by atoms with van der Waals surface area (Å²) < 4.78 is 50.7. The van der Waals surface area contributed by atoms with E-state index in [0.717, 1.165) is 92.1 Å². The van der Waals surface area contributed by atoms with Crippen molar-refractivity contribution in [2.45, 2.75) is 0 Å². The fourth-order valence-corrected chi connectivity index (χ4v) is 3.10. The van der Waals surface area contributed by atoms with Crippen LogP contribution in [0, 0.1) is 6.65 Å². The van der Waals surface area contributed by atoms with Gasteiger partial charge in [-0.3, -0.25) is 4.90 Å². The number of hydrogen-bond donors (Lipinski definition) is 9. The quantitative estimate of drug-likeness (QED) is 0.0264. The number of carbonyl (C=O) groups excluding carboxylic acids is 1. The van der Waals surface area contributed by atoms with E-state index in [4.69, 9.17) is 65.3 Å². The first kappa shape index (κ1) is 70.2. The number of quaternary nitrogens is 1. The van der Waals surface area contributed by atoms with Crippen molar-refractivity contribution >= 4 is 6.29 Å². The molecule has 3 saturated heterocycles. The Morgan fingerprint density at radius 1 is 0.649 bits per heavy atom. The van der Waals surface area contributed by atoms with Gasteiger partial charge < -0.3 is 101 Å². The van der Waals surface area contributed by atoms with Crippen LogP contribution in [0.2, 0.25) is 0 Å². The van der Waals surface area contributed by atoms with Gasteiger partial charge in [0.1, 0.15) is 12.9 Å². The molecule has 0 radical (unpaired) electrons. The third-order valence-electron chi connectivity index (χ3n) is 5.80. The SMILES string of the molecule is C1COCCN1.CN1CCOCC1.COCCN.COCCN1CCOCC1.COCCO.NCCOCCO.O=CCOCCO.OCCOCCO.[C-]#[O+].[H+].[HH].[NH4+]. The molecule has 14 N–H and O–H groups in total. The van der Waals surface area contributed by atoms with E-state index >= 15 is 0 Å². The van der Waals surface area contributed by atoms with Crippen LogP contribution in [-0.4, -0.2) is 261 Å². The molecule has 0 bridgehead atoms. The molecule has 22 nitrogen and oxygen atoms in total. The molecular weight excluding hydrogens is 760 g/mol. The molecule has 22 heteroatoms. The Hall–Kier alpha value is -1.39. The summed E-state index contributed by atoms with van der Waals surface area (Å²) in [7, 11) is 7.03. The second kappa shape index (κ2) is 78.9. The first-order valence-corrected chi connectivity index (χ1v) is 18.5. The van der Waals surface area contributed by atoms with Crippen LogP contribution in [0.3, 0.4) is 0 Å². The average molecular weight is 849 g/mol. The fourth-order valence-electron chi connectivity index (χ4n) is 3.10. The Morgan fingerprint density at radius 2 is 1.04 bits per heavy atom. The van der Waals surface area contributed by atoms with Crippen LogP contribution in [0.25, 0.3) is 0 Å². The number of hydrogen-bond acceptors (Lipinski definition) is 20. The molecule has 352 valence electrons. The summed E-state index contributed by atoms with van der Waals surface area (Å²) in [6.45, 7) is 22.5. The van der Waals surface area contributed by atoms with E-state index in [9.17, 15) is 4.79 Å². The van der Waals surface area contributed by atoms with Crippen LogP contribution >= 0.6 is 0 Å². The smallest absolute Gasteiger partial charge is 0.369 e. The molecule has 3 aliphatic heterocycles. The van der Waals surface area contributed by atoms with Gasteiger partial charge in [-0.15, -0.1) is 0 Å². The van der Waals surface area contributed by atoms with Crippen molar-refractivity contribution in [2.24, 2.45) is 11.5 Å². The number of morpholine rings is 3. The van der Waals surface area contributed by atoms with Gasteiger partial charge in [0, 0.05) is 81.7 Å². The summed E-state index contributed by atoms with van der Waals surface area (Å²) in [6.07, 6.45) is 0.648. The number of nitrogens with zero attached hydrogens (tertiary/aromatic N) is 2. The molecule has 0 aliphatic carbocycles. The van der Waals surface area contributed by atoms with Crippen molar-refractivity contribution < 1.29 is 80.5 Å². The zero-order chi connectivity index (χ0) is 43.4. The van der Waals surface area contributed by atoms with Gasteiger partial charge in [-0.2, -0.15) is 0 Å². The molecule has 3 fully saturated rings. The number of ether oxygens (including phenoxy) is 9. The van der Waals surface area contributed by atoms with Crippen molar-refractivity contribution in [1.82, 2.24) is 21.3 Å². The zero-order valence-corrected chi connectivity index (χ0v) is 35.9. The van der Waals surface area contributed by atoms with Crippen LogP contribution in [0.15, 0.2) is 0 Å². The second-order valence-electron chi connectivity index (χ2n) is 10.4. The van der Waals surface area contributed by atoms with Gasteiger partial charge in [0.25, 0.3) is 0 Å². The van der Waals surface area contributed by atoms with E-state index in [1.807, 2.05) is 0 Å². The topological polar surface area (TPSA) is 328 Å². The standard InChI is InChI=1S/C7H15NO2.C5H11NO.C4H11NO2.C4H9NO.C4H10O3.C4H8O3.C3H9NO.C3H8O2.CO.H3N.H2/c1-9-5-2-8-3-6-10-7-4-8;1-6-2-4-7-5-3-6;5-1-3-7-4-2-6;1-3-6-4-2-5-1;2*5-1-3-7-4-2-6;2*1-5-3-2-4;1-2;;/h2-7H2,1H3;2-5H2,1H3;6H,1-5H2;5H,1-4H2;5-6H,1-4H2;1,6H,2-4H2;2-4H2,1H3;4H,2-3H2,1H3;;1H3;1H/p+2. The minimum absolute atomic E-state index is 0. The summed E-state index contributed by atoms with van der Waals surface area (Å²) >= 11 is 0. The monoisotopic (exact) mass is 849 g/mol. The van der Waals surface area contributed by atoms with Crippen molar-refractivity contribution in [2.75, 3.05) is 219 Å². The number of nitrogens with two attached hydrogens (primary N) is 2. The zero-order valence-electron chi connectivity index (χ0n) is 36.9. The van der Waals surface area contributed by atoms with Gasteiger partial charge in [0.2, 0.25) is 0 Å². The van der Waals surface area contributed by atoms with E-state index in [0.29, 0.717) is 59.0 Å². The minimum Gasteiger partial charge on any atom is -0.369 e. The molecule has 3 aliphatic rings. The van der Waals surface area contributed by atoms with Crippen LogP contribution in [0.4, 0.5) is 0 Å². The Kier molecular flexibility index (Phi) is 97.1. The van der Waals surface area contributed by atoms with E-state index in [1.165, 1.54) is 0 Å². The van der Waals surface area contributed by atoms with Gasteiger partial charge in [-0.1, -0.05) is 0 Å². The Bertz CT molecular complexity index is 602. The number of likely N-dealkylation sites (N-methyl/N-ethyl adjacent to an activating group) is 1. The van der Waals surface area contributed by atoms with Crippen LogP contribution in [0.5, 0.6) is 0 Å². The Morgan fingerprint density at radius 3 is 1.30 bits per heavy atom. The number of nitrogens with one attached hydrogen (secondary N) is 1. The molecule has 0 aromatic heterocycles. The van der Waals surface area contributed by atoms with Gasteiger partial charge in [-0.25, -0.2) is 0 Å². The molecule has 3 heterocycles. The molecule has 0 spiro atoms. The molecule has 0 amide bonds. The number of aliphatic hydroxyl groups excluding tert-OH is 5. The van der Waals surface area contributed by atoms with E-state index in [1.54, 1.807) is 21.3 Å². The van der Waals surface area contributed by atoms with E-state index in [2.05, 4.69) is 47.8 Å². The van der Waals surface area contributed by atoms with E-state index in [-0.39, 0.29) is 55.3 Å². The van der Waals surface area contributed by atoms with Crippen molar-refractivity contribution in [3.8, 4) is 0 Å². The molecule has 57 heavy (non-hydrogen) atoms. The van der Waals surface area contributed by atoms with Gasteiger partial charge in [-0.05, 0) is 7.05 Å². The normalized spacial score (nSPS) is 14.3. The number of carbonyl (C=O) groups is 1.